The quantitative estimate of drug-likeness (QED) is 0.743. The number of ether oxygens (including phenoxy) is 1. The molecule has 1 aromatic carbocycles. The molecule has 1 atom stereocenters. The number of hydrogen-bond donors (Lipinski definition) is 1. The minimum atomic E-state index is -0.0263. The number of hydrogen-bond acceptors (Lipinski definition) is 4. The van der Waals surface area contributed by atoms with Crippen LogP contribution in [-0.4, -0.2) is 61.4 Å². The van der Waals surface area contributed by atoms with Crippen molar-refractivity contribution in [1.29, 1.82) is 0 Å². The second-order valence-corrected chi connectivity index (χ2v) is 9.00. The molecule has 1 unspecified atom stereocenters. The predicted octanol–water partition coefficient (Wildman–Crippen LogP) is 3.23. The minimum absolute atomic E-state index is 0.0263. The Kier molecular flexibility index (Phi) is 8.14. The third kappa shape index (κ3) is 5.97. The second-order valence-electron chi connectivity index (χ2n) is 9.00. The van der Waals surface area contributed by atoms with E-state index < -0.39 is 0 Å². The van der Waals surface area contributed by atoms with Gasteiger partial charge >= 0.3 is 0 Å². The fourth-order valence-corrected chi connectivity index (χ4v) is 4.58. The maximum absolute atomic E-state index is 12.7. The number of nitrogens with zero attached hydrogens (tertiary/aromatic N) is 2. The first kappa shape index (κ1) is 22.6. The fraction of sp³-hybridized carbons (Fsp3) is 0.667. The lowest BCUT2D eigenvalue weighted by molar-refractivity contribution is -0.138. The first-order chi connectivity index (χ1) is 14.5. The number of rotatable bonds is 7. The molecule has 0 radical (unpaired) electrons. The van der Waals surface area contributed by atoms with Crippen LogP contribution in [0.4, 0.5) is 0 Å². The van der Waals surface area contributed by atoms with Gasteiger partial charge in [0.2, 0.25) is 11.8 Å². The largest absolute Gasteiger partial charge is 0.497 e. The molecule has 0 bridgehead atoms. The Morgan fingerprint density at radius 2 is 1.67 bits per heavy atom. The Bertz CT molecular complexity index is 690. The van der Waals surface area contributed by atoms with E-state index in [0.29, 0.717) is 12.5 Å². The van der Waals surface area contributed by atoms with Crippen molar-refractivity contribution >= 4 is 11.8 Å². The molecule has 2 amide bonds. The van der Waals surface area contributed by atoms with E-state index in [9.17, 15) is 9.59 Å². The van der Waals surface area contributed by atoms with Crippen molar-refractivity contribution in [3.63, 3.8) is 0 Å². The average molecular weight is 416 g/mol. The smallest absolute Gasteiger partial charge is 0.234 e. The SMILES string of the molecule is COc1ccc(C(NC(=O)CN2CCC(C(=O)N3CCCCC3)CC2)C(C)C)cc1. The third-order valence-corrected chi connectivity index (χ3v) is 6.43. The summed E-state index contributed by atoms with van der Waals surface area (Å²) < 4.78 is 5.23. The van der Waals surface area contributed by atoms with Crippen LogP contribution in [-0.2, 0) is 9.59 Å². The normalized spacial score (nSPS) is 19.5. The zero-order valence-corrected chi connectivity index (χ0v) is 18.7. The molecule has 0 aromatic heterocycles. The van der Waals surface area contributed by atoms with Gasteiger partial charge in [-0.15, -0.1) is 0 Å². The maximum atomic E-state index is 12.7. The third-order valence-electron chi connectivity index (χ3n) is 6.43. The Morgan fingerprint density at radius 3 is 2.23 bits per heavy atom. The highest BCUT2D eigenvalue weighted by molar-refractivity contribution is 5.80. The topological polar surface area (TPSA) is 61.9 Å². The predicted molar refractivity (Wildman–Crippen MR) is 118 cm³/mol. The van der Waals surface area contributed by atoms with Gasteiger partial charge in [0.1, 0.15) is 5.75 Å². The van der Waals surface area contributed by atoms with Gasteiger partial charge in [-0.2, -0.15) is 0 Å². The van der Waals surface area contributed by atoms with E-state index in [4.69, 9.17) is 4.74 Å². The van der Waals surface area contributed by atoms with Crippen LogP contribution in [0, 0.1) is 11.8 Å². The molecule has 2 aliphatic rings. The van der Waals surface area contributed by atoms with Gasteiger partial charge in [0.15, 0.2) is 0 Å². The van der Waals surface area contributed by atoms with Crippen molar-refractivity contribution in [3.05, 3.63) is 29.8 Å². The lowest BCUT2D eigenvalue weighted by Gasteiger charge is -2.35. The summed E-state index contributed by atoms with van der Waals surface area (Å²) >= 11 is 0. The number of amides is 2. The molecule has 1 N–H and O–H groups in total. The van der Waals surface area contributed by atoms with E-state index in [1.54, 1.807) is 7.11 Å². The molecule has 2 saturated heterocycles. The summed E-state index contributed by atoms with van der Waals surface area (Å²) in [4.78, 5) is 29.7. The van der Waals surface area contributed by atoms with Crippen molar-refractivity contribution in [2.24, 2.45) is 11.8 Å². The highest BCUT2D eigenvalue weighted by Gasteiger charge is 2.30. The molecule has 6 heteroatoms. The van der Waals surface area contributed by atoms with Gasteiger partial charge in [-0.3, -0.25) is 14.5 Å². The first-order valence-corrected chi connectivity index (χ1v) is 11.4. The van der Waals surface area contributed by atoms with Crippen LogP contribution in [0.3, 0.4) is 0 Å². The molecule has 2 heterocycles. The molecule has 3 rings (SSSR count). The Balaban J connectivity index is 1.47. The van der Waals surface area contributed by atoms with Gasteiger partial charge in [0, 0.05) is 19.0 Å². The Labute approximate surface area is 180 Å². The number of likely N-dealkylation sites (tertiary alicyclic amines) is 2. The van der Waals surface area contributed by atoms with E-state index >= 15 is 0 Å². The number of benzene rings is 1. The minimum Gasteiger partial charge on any atom is -0.497 e. The zero-order valence-electron chi connectivity index (χ0n) is 18.7. The summed E-state index contributed by atoms with van der Waals surface area (Å²) in [6, 6.07) is 7.87. The molecule has 30 heavy (non-hydrogen) atoms. The molecular formula is C24H37N3O3. The van der Waals surface area contributed by atoms with E-state index in [2.05, 4.69) is 29.0 Å². The highest BCUT2D eigenvalue weighted by atomic mass is 16.5. The summed E-state index contributed by atoms with van der Waals surface area (Å²) in [6.07, 6.45) is 5.22. The van der Waals surface area contributed by atoms with Gasteiger partial charge in [-0.25, -0.2) is 0 Å². The summed E-state index contributed by atoms with van der Waals surface area (Å²) in [5.41, 5.74) is 1.09. The van der Waals surface area contributed by atoms with E-state index in [1.807, 2.05) is 24.3 Å². The van der Waals surface area contributed by atoms with Crippen LogP contribution in [0.5, 0.6) is 5.75 Å². The van der Waals surface area contributed by atoms with Crippen molar-refractivity contribution in [1.82, 2.24) is 15.1 Å². The standard InChI is InChI=1S/C24H37N3O3/c1-18(2)23(19-7-9-21(30-3)10-8-19)25-22(28)17-26-15-11-20(12-16-26)24(29)27-13-5-4-6-14-27/h7-10,18,20,23H,4-6,11-17H2,1-3H3,(H,25,28). The monoisotopic (exact) mass is 415 g/mol. The van der Waals surface area contributed by atoms with Crippen molar-refractivity contribution in [2.75, 3.05) is 39.8 Å². The number of piperidine rings is 2. The number of carbonyl (C=O) groups excluding carboxylic acids is 2. The number of nitrogens with one attached hydrogen (secondary N) is 1. The Morgan fingerprint density at radius 1 is 1.03 bits per heavy atom. The molecule has 0 saturated carbocycles. The van der Waals surface area contributed by atoms with E-state index in [0.717, 1.165) is 63.2 Å². The van der Waals surface area contributed by atoms with Gasteiger partial charge in [-0.1, -0.05) is 26.0 Å². The molecule has 0 spiro atoms. The van der Waals surface area contributed by atoms with Crippen LogP contribution in [0.15, 0.2) is 24.3 Å². The molecule has 2 aliphatic heterocycles. The Hall–Kier alpha value is -2.08. The van der Waals surface area contributed by atoms with Crippen LogP contribution >= 0.6 is 0 Å². The lowest BCUT2D eigenvalue weighted by Crippen LogP contribution is -2.47. The van der Waals surface area contributed by atoms with Crippen LogP contribution in [0.25, 0.3) is 0 Å². The van der Waals surface area contributed by atoms with Gasteiger partial charge < -0.3 is 15.0 Å². The average Bonchev–Trinajstić information content (AvgIpc) is 2.78. The van der Waals surface area contributed by atoms with Crippen LogP contribution in [0.2, 0.25) is 0 Å². The lowest BCUT2D eigenvalue weighted by atomic mass is 9.94. The molecule has 0 aliphatic carbocycles. The van der Waals surface area contributed by atoms with Crippen molar-refractivity contribution in [3.8, 4) is 5.75 Å². The van der Waals surface area contributed by atoms with E-state index in [1.165, 1.54) is 6.42 Å². The molecule has 2 fully saturated rings. The maximum Gasteiger partial charge on any atom is 0.234 e. The number of methoxy groups -OCH3 is 1. The number of carbonyl (C=O) groups is 2. The summed E-state index contributed by atoms with van der Waals surface area (Å²) in [7, 11) is 1.65. The summed E-state index contributed by atoms with van der Waals surface area (Å²) in [6.45, 7) is 8.09. The van der Waals surface area contributed by atoms with Crippen LogP contribution in [0.1, 0.15) is 57.6 Å². The summed E-state index contributed by atoms with van der Waals surface area (Å²) in [5, 5.41) is 3.21. The zero-order chi connectivity index (χ0) is 21.5. The molecule has 6 nitrogen and oxygen atoms in total. The molecule has 1 aromatic rings. The van der Waals surface area contributed by atoms with Crippen LogP contribution < -0.4 is 10.1 Å². The second kappa shape index (κ2) is 10.8. The van der Waals surface area contributed by atoms with Crippen molar-refractivity contribution in [2.45, 2.75) is 52.0 Å². The summed E-state index contributed by atoms with van der Waals surface area (Å²) in [5.74, 6) is 1.61. The molecule has 166 valence electrons. The van der Waals surface area contributed by atoms with Gasteiger partial charge in [0.05, 0.1) is 19.7 Å². The molecular weight excluding hydrogens is 378 g/mol. The van der Waals surface area contributed by atoms with Gasteiger partial charge in [-0.05, 0) is 68.8 Å². The van der Waals surface area contributed by atoms with Crippen molar-refractivity contribution < 1.29 is 14.3 Å². The highest BCUT2D eigenvalue weighted by Crippen LogP contribution is 2.25. The first-order valence-electron chi connectivity index (χ1n) is 11.4. The fourth-order valence-electron chi connectivity index (χ4n) is 4.58. The van der Waals surface area contributed by atoms with E-state index in [-0.39, 0.29) is 23.8 Å². The van der Waals surface area contributed by atoms with Gasteiger partial charge in [0.25, 0.3) is 0 Å².